The van der Waals surface area contributed by atoms with Crippen molar-refractivity contribution in [3.63, 3.8) is 0 Å². The third-order valence-corrected chi connectivity index (χ3v) is 2.76. The van der Waals surface area contributed by atoms with E-state index in [1.165, 1.54) is 0 Å². The first-order chi connectivity index (χ1) is 7.18. The summed E-state index contributed by atoms with van der Waals surface area (Å²) in [4.78, 5) is 10.9. The van der Waals surface area contributed by atoms with E-state index in [9.17, 15) is 4.79 Å². The molecular formula is C10H11ClN2O2. The first-order valence-corrected chi connectivity index (χ1v) is 5.03. The predicted molar refractivity (Wildman–Crippen MR) is 56.8 cm³/mol. The Balaban J connectivity index is 2.26. The molecule has 0 bridgehead atoms. The predicted octanol–water partition coefficient (Wildman–Crippen LogP) is 0.985. The summed E-state index contributed by atoms with van der Waals surface area (Å²) in [6.07, 6.45) is 0. The highest BCUT2D eigenvalue weighted by Gasteiger charge is 2.33. The van der Waals surface area contributed by atoms with Gasteiger partial charge < -0.3 is 5.11 Å². The summed E-state index contributed by atoms with van der Waals surface area (Å²) >= 11 is 5.86. The fourth-order valence-electron chi connectivity index (χ4n) is 1.78. The molecule has 1 fully saturated rings. The van der Waals surface area contributed by atoms with Crippen LogP contribution in [0.3, 0.4) is 0 Å². The van der Waals surface area contributed by atoms with Gasteiger partial charge in [-0.05, 0) is 17.7 Å². The number of hydrogen-bond acceptors (Lipinski definition) is 3. The number of hydrogen-bond donors (Lipinski definition) is 3. The van der Waals surface area contributed by atoms with E-state index in [4.69, 9.17) is 16.7 Å². The van der Waals surface area contributed by atoms with Gasteiger partial charge in [0.05, 0.1) is 0 Å². The second-order valence-electron chi connectivity index (χ2n) is 3.50. The van der Waals surface area contributed by atoms with Gasteiger partial charge in [0.15, 0.2) is 0 Å². The highest BCUT2D eigenvalue weighted by Crippen LogP contribution is 2.24. The molecule has 1 aliphatic heterocycles. The Morgan fingerprint density at radius 3 is 3.00 bits per heavy atom. The van der Waals surface area contributed by atoms with Crippen LogP contribution >= 0.6 is 11.6 Å². The van der Waals surface area contributed by atoms with Gasteiger partial charge in [0.25, 0.3) is 0 Å². The van der Waals surface area contributed by atoms with Gasteiger partial charge in [-0.2, -0.15) is 0 Å². The Kier molecular flexibility index (Phi) is 2.90. The summed E-state index contributed by atoms with van der Waals surface area (Å²) < 4.78 is 0. The Bertz CT molecular complexity index is 383. The molecule has 2 rings (SSSR count). The van der Waals surface area contributed by atoms with Gasteiger partial charge in [-0.15, -0.1) is 0 Å². The maximum atomic E-state index is 10.9. The molecule has 15 heavy (non-hydrogen) atoms. The zero-order chi connectivity index (χ0) is 10.8. The van der Waals surface area contributed by atoms with Crippen LogP contribution in [0.25, 0.3) is 0 Å². The fraction of sp³-hybridized carbons (Fsp3) is 0.300. The van der Waals surface area contributed by atoms with Gasteiger partial charge in [0.2, 0.25) is 0 Å². The van der Waals surface area contributed by atoms with Crippen LogP contribution in [-0.4, -0.2) is 23.7 Å². The van der Waals surface area contributed by atoms with E-state index in [1.807, 2.05) is 12.1 Å². The molecule has 0 amide bonds. The van der Waals surface area contributed by atoms with E-state index in [2.05, 4.69) is 10.9 Å². The lowest BCUT2D eigenvalue weighted by molar-refractivity contribution is -0.139. The van der Waals surface area contributed by atoms with Crippen LogP contribution in [0.15, 0.2) is 24.3 Å². The quantitative estimate of drug-likeness (QED) is 0.704. The van der Waals surface area contributed by atoms with Gasteiger partial charge in [0, 0.05) is 17.5 Å². The smallest absolute Gasteiger partial charge is 0.322 e. The van der Waals surface area contributed by atoms with Gasteiger partial charge in [0.1, 0.15) is 6.04 Å². The normalized spacial score (nSPS) is 25.4. The molecule has 1 aliphatic rings. The topological polar surface area (TPSA) is 61.4 Å². The number of hydrazine groups is 1. The van der Waals surface area contributed by atoms with Crippen molar-refractivity contribution in [2.45, 2.75) is 12.0 Å². The van der Waals surface area contributed by atoms with E-state index < -0.39 is 12.0 Å². The van der Waals surface area contributed by atoms with Crippen LogP contribution in [0, 0.1) is 0 Å². The molecule has 0 aliphatic carbocycles. The van der Waals surface area contributed by atoms with Crippen molar-refractivity contribution in [3.05, 3.63) is 34.9 Å². The molecule has 0 saturated carbocycles. The van der Waals surface area contributed by atoms with Gasteiger partial charge in [-0.25, -0.2) is 5.43 Å². The maximum absolute atomic E-state index is 10.9. The molecule has 1 aromatic carbocycles. The summed E-state index contributed by atoms with van der Waals surface area (Å²) in [5.41, 5.74) is 6.52. The Morgan fingerprint density at radius 2 is 2.33 bits per heavy atom. The largest absolute Gasteiger partial charge is 0.480 e. The highest BCUT2D eigenvalue weighted by atomic mass is 35.5. The Morgan fingerprint density at radius 1 is 1.53 bits per heavy atom. The number of halogens is 1. The summed E-state index contributed by atoms with van der Waals surface area (Å²) in [7, 11) is 0. The average Bonchev–Trinajstić information content (AvgIpc) is 2.65. The number of carboxylic acids is 1. The molecule has 1 saturated heterocycles. The van der Waals surface area contributed by atoms with E-state index in [0.29, 0.717) is 11.6 Å². The maximum Gasteiger partial charge on any atom is 0.322 e. The molecule has 80 valence electrons. The van der Waals surface area contributed by atoms with Crippen LogP contribution in [0.2, 0.25) is 5.02 Å². The van der Waals surface area contributed by atoms with Crippen molar-refractivity contribution < 1.29 is 9.90 Å². The molecule has 2 atom stereocenters. The van der Waals surface area contributed by atoms with Crippen molar-refractivity contribution in [2.75, 3.05) is 6.54 Å². The lowest BCUT2D eigenvalue weighted by Gasteiger charge is -2.14. The van der Waals surface area contributed by atoms with Crippen LogP contribution in [0.5, 0.6) is 0 Å². The van der Waals surface area contributed by atoms with Crippen LogP contribution in [0.1, 0.15) is 11.5 Å². The van der Waals surface area contributed by atoms with Gasteiger partial charge in [-0.1, -0.05) is 23.7 Å². The average molecular weight is 227 g/mol. The number of aliphatic carboxylic acids is 1. The van der Waals surface area contributed by atoms with Gasteiger partial charge in [-0.3, -0.25) is 10.2 Å². The number of carboxylic acid groups (broad SMARTS) is 1. The lowest BCUT2D eigenvalue weighted by Crippen LogP contribution is -2.37. The SMILES string of the molecule is O=C(O)C1NNCC1c1cccc(Cl)c1. The zero-order valence-corrected chi connectivity index (χ0v) is 8.66. The number of carbonyl (C=O) groups is 1. The number of nitrogens with one attached hydrogen (secondary N) is 2. The number of benzene rings is 1. The minimum atomic E-state index is -0.857. The third kappa shape index (κ3) is 2.12. The lowest BCUT2D eigenvalue weighted by atomic mass is 9.93. The summed E-state index contributed by atoms with van der Waals surface area (Å²) in [6, 6.07) is 6.70. The molecule has 1 heterocycles. The van der Waals surface area contributed by atoms with Crippen molar-refractivity contribution in [1.82, 2.24) is 10.9 Å². The molecule has 0 spiro atoms. The van der Waals surface area contributed by atoms with Crippen molar-refractivity contribution in [3.8, 4) is 0 Å². The first kappa shape index (κ1) is 10.4. The monoisotopic (exact) mass is 226 g/mol. The molecule has 4 nitrogen and oxygen atoms in total. The summed E-state index contributed by atoms with van der Waals surface area (Å²) in [5.74, 6) is -0.939. The van der Waals surface area contributed by atoms with E-state index >= 15 is 0 Å². The second-order valence-corrected chi connectivity index (χ2v) is 3.94. The molecule has 1 aromatic rings. The van der Waals surface area contributed by atoms with Gasteiger partial charge >= 0.3 is 5.97 Å². The molecule has 3 N–H and O–H groups in total. The second kappa shape index (κ2) is 4.18. The van der Waals surface area contributed by atoms with Crippen molar-refractivity contribution in [1.29, 1.82) is 0 Å². The fourth-order valence-corrected chi connectivity index (χ4v) is 1.98. The van der Waals surface area contributed by atoms with E-state index in [0.717, 1.165) is 5.56 Å². The third-order valence-electron chi connectivity index (χ3n) is 2.52. The first-order valence-electron chi connectivity index (χ1n) is 4.65. The summed E-state index contributed by atoms with van der Waals surface area (Å²) in [6.45, 7) is 0.595. The van der Waals surface area contributed by atoms with Crippen LogP contribution < -0.4 is 10.9 Å². The molecule has 0 aromatic heterocycles. The molecular weight excluding hydrogens is 216 g/mol. The molecule has 2 unspecified atom stereocenters. The molecule has 5 heteroatoms. The van der Waals surface area contributed by atoms with Crippen molar-refractivity contribution in [2.24, 2.45) is 0 Å². The Hall–Kier alpha value is -1.10. The van der Waals surface area contributed by atoms with Crippen LogP contribution in [0.4, 0.5) is 0 Å². The highest BCUT2D eigenvalue weighted by molar-refractivity contribution is 6.30. The van der Waals surface area contributed by atoms with E-state index in [-0.39, 0.29) is 5.92 Å². The minimum absolute atomic E-state index is 0.0822. The summed E-state index contributed by atoms with van der Waals surface area (Å²) in [5, 5.41) is 9.61. The standard InChI is InChI=1S/C10H11ClN2O2/c11-7-3-1-2-6(4-7)8-5-12-13-9(8)10(14)15/h1-4,8-9,12-13H,5H2,(H,14,15). The number of rotatable bonds is 2. The molecule has 0 radical (unpaired) electrons. The van der Waals surface area contributed by atoms with Crippen LogP contribution in [-0.2, 0) is 4.79 Å². The zero-order valence-electron chi connectivity index (χ0n) is 7.90. The Labute approximate surface area is 92.2 Å². The van der Waals surface area contributed by atoms with Crippen molar-refractivity contribution >= 4 is 17.6 Å². The minimum Gasteiger partial charge on any atom is -0.480 e. The van der Waals surface area contributed by atoms with E-state index in [1.54, 1.807) is 12.1 Å².